The number of methoxy groups -OCH3 is 1. The minimum Gasteiger partial charge on any atom is -0.497 e. The zero-order valence-electron chi connectivity index (χ0n) is 14.7. The Bertz CT molecular complexity index is 1100. The van der Waals surface area contributed by atoms with Gasteiger partial charge in [-0.1, -0.05) is 24.3 Å². The first-order valence-electron chi connectivity index (χ1n) is 8.08. The number of hydrogen-bond donors (Lipinski definition) is 1. The average Bonchev–Trinajstić information content (AvgIpc) is 2.73. The molecule has 1 N–H and O–H groups in total. The summed E-state index contributed by atoms with van der Waals surface area (Å²) >= 11 is 0. The van der Waals surface area contributed by atoms with Crippen molar-refractivity contribution < 1.29 is 18.3 Å². The molecule has 3 rings (SSSR count). The lowest BCUT2D eigenvalue weighted by Crippen LogP contribution is -2.06. The first-order chi connectivity index (χ1) is 13.6. The number of anilines is 2. The van der Waals surface area contributed by atoms with Crippen molar-refractivity contribution in [2.75, 3.05) is 12.4 Å². The molecule has 5 nitrogen and oxygen atoms in total. The van der Waals surface area contributed by atoms with E-state index in [-0.39, 0.29) is 5.75 Å². The molecule has 0 aliphatic rings. The van der Waals surface area contributed by atoms with Crippen LogP contribution < -0.4 is 14.8 Å². The van der Waals surface area contributed by atoms with Crippen LogP contribution in [-0.2, 0) is 0 Å². The van der Waals surface area contributed by atoms with Crippen molar-refractivity contribution in [3.63, 3.8) is 0 Å². The Labute approximate surface area is 160 Å². The molecule has 138 valence electrons. The molecule has 7 heteroatoms. The van der Waals surface area contributed by atoms with E-state index < -0.39 is 34.2 Å². The van der Waals surface area contributed by atoms with E-state index in [1.807, 2.05) is 0 Å². The summed E-state index contributed by atoms with van der Waals surface area (Å²) in [7, 11) is 1.47. The maximum absolute atomic E-state index is 15.0. The normalized spacial score (nSPS) is 9.89. The number of para-hydroxylation sites is 1. The summed E-state index contributed by atoms with van der Waals surface area (Å²) in [5.74, 6) is -2.01. The number of ether oxygens (including phenoxy) is 2. The fraction of sp³-hybridized carbons (Fsp3) is 0.0476. The number of halogens is 2. The highest BCUT2D eigenvalue weighted by molar-refractivity contribution is 5.73. The molecule has 3 aromatic carbocycles. The number of rotatable bonds is 5. The smallest absolute Gasteiger partial charge is 0.190 e. The summed E-state index contributed by atoms with van der Waals surface area (Å²) in [6.45, 7) is 0. The van der Waals surface area contributed by atoms with E-state index in [9.17, 15) is 14.9 Å². The molecule has 0 bridgehead atoms. The van der Waals surface area contributed by atoms with E-state index in [1.54, 1.807) is 54.6 Å². The molecule has 0 saturated carbocycles. The predicted octanol–water partition coefficient (Wildman–Crippen LogP) is 5.25. The lowest BCUT2D eigenvalue weighted by molar-refractivity contribution is 0.415. The number of nitriles is 2. The van der Waals surface area contributed by atoms with Crippen LogP contribution in [0.5, 0.6) is 17.2 Å². The molecule has 0 saturated heterocycles. The molecule has 0 fully saturated rings. The van der Waals surface area contributed by atoms with E-state index in [2.05, 4.69) is 5.32 Å². The van der Waals surface area contributed by atoms with Crippen LogP contribution in [0.2, 0.25) is 0 Å². The van der Waals surface area contributed by atoms with Gasteiger partial charge in [0.2, 0.25) is 0 Å². The highest BCUT2D eigenvalue weighted by Crippen LogP contribution is 2.40. The third-order valence-corrected chi connectivity index (χ3v) is 3.86. The predicted molar refractivity (Wildman–Crippen MR) is 98.6 cm³/mol. The molecule has 0 heterocycles. The van der Waals surface area contributed by atoms with Gasteiger partial charge in [-0.25, -0.2) is 8.78 Å². The monoisotopic (exact) mass is 377 g/mol. The van der Waals surface area contributed by atoms with Gasteiger partial charge in [0.1, 0.15) is 40.5 Å². The van der Waals surface area contributed by atoms with Crippen molar-refractivity contribution in [1.29, 1.82) is 10.5 Å². The summed E-state index contributed by atoms with van der Waals surface area (Å²) in [5, 5.41) is 21.1. The van der Waals surface area contributed by atoms with E-state index in [4.69, 9.17) is 9.47 Å². The molecule has 28 heavy (non-hydrogen) atoms. The van der Waals surface area contributed by atoms with Gasteiger partial charge in [0, 0.05) is 11.8 Å². The van der Waals surface area contributed by atoms with Crippen LogP contribution in [-0.4, -0.2) is 7.11 Å². The van der Waals surface area contributed by atoms with E-state index in [0.29, 0.717) is 11.4 Å². The van der Waals surface area contributed by atoms with E-state index in [1.165, 1.54) is 19.2 Å². The van der Waals surface area contributed by atoms with Gasteiger partial charge in [-0.2, -0.15) is 10.5 Å². The Morgan fingerprint density at radius 3 is 2.14 bits per heavy atom. The molecule has 0 spiro atoms. The third kappa shape index (κ3) is 3.55. The van der Waals surface area contributed by atoms with Gasteiger partial charge in [0.25, 0.3) is 0 Å². The van der Waals surface area contributed by atoms with Crippen molar-refractivity contribution in [2.45, 2.75) is 0 Å². The SMILES string of the molecule is COc1cccc(Nc2c(F)c(C#N)c(C#N)c(F)c2Oc2ccccc2)c1. The topological polar surface area (TPSA) is 78.1 Å². The van der Waals surface area contributed by atoms with Crippen molar-refractivity contribution in [1.82, 2.24) is 0 Å². The quantitative estimate of drug-likeness (QED) is 0.657. The Kier molecular flexibility index (Phi) is 5.38. The molecule has 0 unspecified atom stereocenters. The molecular formula is C21H13F2N3O2. The molecule has 0 amide bonds. The van der Waals surface area contributed by atoms with Crippen LogP contribution in [0.25, 0.3) is 0 Å². The lowest BCUT2D eigenvalue weighted by Gasteiger charge is -2.17. The summed E-state index contributed by atoms with van der Waals surface area (Å²) in [4.78, 5) is 0. The highest BCUT2D eigenvalue weighted by atomic mass is 19.1. The van der Waals surface area contributed by atoms with Crippen LogP contribution in [0.4, 0.5) is 20.2 Å². The first kappa shape index (κ1) is 18.7. The van der Waals surface area contributed by atoms with Crippen LogP contribution in [0.1, 0.15) is 11.1 Å². The standard InChI is InChI=1S/C21H13F2N3O2/c1-27-15-9-5-6-13(10-15)26-20-18(22)16(11-24)17(12-25)19(23)21(20)28-14-7-3-2-4-8-14/h2-10,26H,1H3. The van der Waals surface area contributed by atoms with E-state index >= 15 is 4.39 Å². The summed E-state index contributed by atoms with van der Waals surface area (Å²) in [6.07, 6.45) is 0. The van der Waals surface area contributed by atoms with E-state index in [0.717, 1.165) is 0 Å². The molecule has 0 atom stereocenters. The van der Waals surface area contributed by atoms with Gasteiger partial charge in [-0.05, 0) is 24.3 Å². The number of hydrogen-bond acceptors (Lipinski definition) is 5. The molecular weight excluding hydrogens is 364 g/mol. The fourth-order valence-electron chi connectivity index (χ4n) is 2.54. The van der Waals surface area contributed by atoms with Gasteiger partial charge in [0.15, 0.2) is 17.4 Å². The number of nitrogens with zero attached hydrogens (tertiary/aromatic N) is 2. The average molecular weight is 377 g/mol. The van der Waals surface area contributed by atoms with Crippen molar-refractivity contribution in [2.24, 2.45) is 0 Å². The van der Waals surface area contributed by atoms with Crippen molar-refractivity contribution in [3.05, 3.63) is 77.4 Å². The summed E-state index contributed by atoms with van der Waals surface area (Å²) in [5.41, 5.74) is -1.44. The fourth-order valence-corrected chi connectivity index (χ4v) is 2.54. The van der Waals surface area contributed by atoms with Gasteiger partial charge in [0.05, 0.1) is 7.11 Å². The lowest BCUT2D eigenvalue weighted by atomic mass is 10.1. The van der Waals surface area contributed by atoms with Crippen molar-refractivity contribution >= 4 is 11.4 Å². The Morgan fingerprint density at radius 2 is 1.50 bits per heavy atom. The Hall–Kier alpha value is -4.10. The first-order valence-corrected chi connectivity index (χ1v) is 8.08. The maximum Gasteiger partial charge on any atom is 0.190 e. The zero-order valence-corrected chi connectivity index (χ0v) is 14.7. The third-order valence-electron chi connectivity index (χ3n) is 3.86. The Morgan fingerprint density at radius 1 is 0.857 bits per heavy atom. The second kappa shape index (κ2) is 8.07. The molecule has 0 aliphatic carbocycles. The minimum absolute atomic E-state index is 0.239. The number of nitrogens with one attached hydrogen (secondary N) is 1. The van der Waals surface area contributed by atoms with Gasteiger partial charge >= 0.3 is 0 Å². The molecule has 0 radical (unpaired) electrons. The van der Waals surface area contributed by atoms with Crippen LogP contribution in [0.15, 0.2) is 54.6 Å². The largest absolute Gasteiger partial charge is 0.497 e. The molecule has 0 aromatic heterocycles. The van der Waals surface area contributed by atoms with Crippen molar-refractivity contribution in [3.8, 4) is 29.4 Å². The Balaban J connectivity index is 2.19. The zero-order chi connectivity index (χ0) is 20.1. The molecule has 0 aliphatic heterocycles. The minimum atomic E-state index is -1.13. The van der Waals surface area contributed by atoms with Gasteiger partial charge in [-0.15, -0.1) is 0 Å². The van der Waals surface area contributed by atoms with Crippen LogP contribution in [0, 0.1) is 34.3 Å². The second-order valence-corrected chi connectivity index (χ2v) is 5.58. The highest BCUT2D eigenvalue weighted by Gasteiger charge is 2.27. The second-order valence-electron chi connectivity index (χ2n) is 5.58. The van der Waals surface area contributed by atoms with Gasteiger partial charge in [-0.3, -0.25) is 0 Å². The summed E-state index contributed by atoms with van der Waals surface area (Å²) < 4.78 is 40.6. The van der Waals surface area contributed by atoms with Crippen LogP contribution in [0.3, 0.4) is 0 Å². The molecule has 3 aromatic rings. The van der Waals surface area contributed by atoms with Gasteiger partial charge < -0.3 is 14.8 Å². The number of benzene rings is 3. The maximum atomic E-state index is 15.0. The van der Waals surface area contributed by atoms with Crippen LogP contribution >= 0.6 is 0 Å². The summed E-state index contributed by atoms with van der Waals surface area (Å²) in [6, 6.07) is 17.7.